The summed E-state index contributed by atoms with van der Waals surface area (Å²) in [7, 11) is 0. The molecule has 0 aromatic heterocycles. The van der Waals surface area contributed by atoms with Crippen LogP contribution >= 0.6 is 0 Å². The Labute approximate surface area is 111 Å². The number of carboxylic acid groups (broad SMARTS) is 1. The molecule has 6 nitrogen and oxygen atoms in total. The van der Waals surface area contributed by atoms with Gasteiger partial charge >= 0.3 is 12.0 Å². The lowest BCUT2D eigenvalue weighted by molar-refractivity contribution is -0.140. The van der Waals surface area contributed by atoms with E-state index < -0.39 is 24.6 Å². The number of aliphatic carboxylic acids is 1. The van der Waals surface area contributed by atoms with Gasteiger partial charge in [-0.1, -0.05) is 37.3 Å². The van der Waals surface area contributed by atoms with Gasteiger partial charge in [-0.3, -0.25) is 0 Å². The molecule has 0 aliphatic rings. The van der Waals surface area contributed by atoms with E-state index in [1.54, 1.807) is 0 Å². The number of carbonyl (C=O) groups is 2. The molecule has 4 N–H and O–H groups in total. The molecular weight excluding hydrogens is 248 g/mol. The fraction of sp³-hybridized carbons (Fsp3) is 0.385. The van der Waals surface area contributed by atoms with E-state index in [1.807, 2.05) is 37.3 Å². The number of hydrogen-bond donors (Lipinski definition) is 4. The molecular formula is C13H18N2O4. The fourth-order valence-electron chi connectivity index (χ4n) is 1.65. The van der Waals surface area contributed by atoms with Crippen molar-refractivity contribution in [1.29, 1.82) is 0 Å². The van der Waals surface area contributed by atoms with Crippen LogP contribution in [0, 0.1) is 0 Å². The molecule has 0 spiro atoms. The zero-order chi connectivity index (χ0) is 14.3. The molecule has 0 radical (unpaired) electrons. The first-order chi connectivity index (χ1) is 9.08. The van der Waals surface area contributed by atoms with Crippen LogP contribution in [0.4, 0.5) is 4.79 Å². The fourth-order valence-corrected chi connectivity index (χ4v) is 1.65. The normalized spacial score (nSPS) is 13.4. The lowest BCUT2D eigenvalue weighted by atomic mass is 10.1. The number of carboxylic acids is 1. The molecule has 0 saturated carbocycles. The SMILES string of the molecule is CCC(NC(=O)NC(CO)C(=O)O)c1ccccc1. The lowest BCUT2D eigenvalue weighted by Crippen LogP contribution is -2.48. The van der Waals surface area contributed by atoms with Crippen LogP contribution in [0.25, 0.3) is 0 Å². The molecule has 6 heteroatoms. The molecule has 0 saturated heterocycles. The Kier molecular flexibility index (Phi) is 5.81. The van der Waals surface area contributed by atoms with Crippen molar-refractivity contribution in [1.82, 2.24) is 10.6 Å². The summed E-state index contributed by atoms with van der Waals surface area (Å²) in [6.45, 7) is 1.27. The topological polar surface area (TPSA) is 98.7 Å². The number of rotatable bonds is 6. The minimum atomic E-state index is -1.30. The molecule has 0 fully saturated rings. The second kappa shape index (κ2) is 7.38. The highest BCUT2D eigenvalue weighted by Gasteiger charge is 2.20. The summed E-state index contributed by atoms with van der Waals surface area (Å²) in [6, 6.07) is 7.27. The van der Waals surface area contributed by atoms with E-state index in [0.717, 1.165) is 5.56 Å². The first-order valence-corrected chi connectivity index (χ1v) is 6.04. The zero-order valence-electron chi connectivity index (χ0n) is 10.7. The summed E-state index contributed by atoms with van der Waals surface area (Å²) in [6.07, 6.45) is 0.675. The molecule has 2 unspecified atom stereocenters. The predicted octanol–water partition coefficient (Wildman–Crippen LogP) is 0.882. The Morgan fingerprint density at radius 1 is 1.21 bits per heavy atom. The van der Waals surface area contributed by atoms with Crippen molar-refractivity contribution in [2.75, 3.05) is 6.61 Å². The van der Waals surface area contributed by atoms with Crippen molar-refractivity contribution < 1.29 is 19.8 Å². The predicted molar refractivity (Wildman–Crippen MR) is 69.7 cm³/mol. The van der Waals surface area contributed by atoms with Crippen LogP contribution in [0.5, 0.6) is 0 Å². The van der Waals surface area contributed by atoms with E-state index in [9.17, 15) is 9.59 Å². The Hall–Kier alpha value is -2.08. The molecule has 1 aromatic carbocycles. The van der Waals surface area contributed by atoms with Gasteiger partial charge in [0.1, 0.15) is 0 Å². The van der Waals surface area contributed by atoms with Crippen LogP contribution < -0.4 is 10.6 Å². The van der Waals surface area contributed by atoms with Gasteiger partial charge in [0.05, 0.1) is 12.6 Å². The van der Waals surface area contributed by atoms with Crippen LogP contribution in [0.15, 0.2) is 30.3 Å². The first-order valence-electron chi connectivity index (χ1n) is 6.04. The maximum absolute atomic E-state index is 11.7. The molecule has 0 heterocycles. The molecule has 2 amide bonds. The summed E-state index contributed by atoms with van der Waals surface area (Å²) < 4.78 is 0. The van der Waals surface area contributed by atoms with Gasteiger partial charge in [0.25, 0.3) is 0 Å². The van der Waals surface area contributed by atoms with Crippen molar-refractivity contribution >= 4 is 12.0 Å². The number of benzene rings is 1. The quantitative estimate of drug-likeness (QED) is 0.614. The second-order valence-corrected chi connectivity index (χ2v) is 4.06. The van der Waals surface area contributed by atoms with Gasteiger partial charge < -0.3 is 20.8 Å². The number of hydrogen-bond acceptors (Lipinski definition) is 3. The molecule has 2 atom stereocenters. The molecule has 0 bridgehead atoms. The van der Waals surface area contributed by atoms with Crippen LogP contribution in [0.3, 0.4) is 0 Å². The van der Waals surface area contributed by atoms with Crippen molar-refractivity contribution in [3.8, 4) is 0 Å². The van der Waals surface area contributed by atoms with E-state index >= 15 is 0 Å². The third-order valence-electron chi connectivity index (χ3n) is 2.70. The number of carbonyl (C=O) groups excluding carboxylic acids is 1. The maximum atomic E-state index is 11.7. The number of aliphatic hydroxyl groups excluding tert-OH is 1. The Bertz CT molecular complexity index is 422. The van der Waals surface area contributed by atoms with Crippen LogP contribution in [-0.2, 0) is 4.79 Å². The van der Waals surface area contributed by atoms with Crippen LogP contribution in [0.2, 0.25) is 0 Å². The van der Waals surface area contributed by atoms with Crippen molar-refractivity contribution in [2.24, 2.45) is 0 Å². The van der Waals surface area contributed by atoms with E-state index in [-0.39, 0.29) is 6.04 Å². The molecule has 1 aromatic rings. The average molecular weight is 266 g/mol. The highest BCUT2D eigenvalue weighted by Crippen LogP contribution is 2.15. The summed E-state index contributed by atoms with van der Waals surface area (Å²) in [5, 5.41) is 22.4. The number of nitrogens with one attached hydrogen (secondary N) is 2. The second-order valence-electron chi connectivity index (χ2n) is 4.06. The first kappa shape index (κ1) is 15.0. The van der Waals surface area contributed by atoms with Gasteiger partial charge in [-0.25, -0.2) is 9.59 Å². The minimum absolute atomic E-state index is 0.200. The van der Waals surface area contributed by atoms with E-state index in [1.165, 1.54) is 0 Å². The molecule has 19 heavy (non-hydrogen) atoms. The molecule has 0 aliphatic carbocycles. The Morgan fingerprint density at radius 2 is 1.84 bits per heavy atom. The Balaban J connectivity index is 2.61. The maximum Gasteiger partial charge on any atom is 0.328 e. The highest BCUT2D eigenvalue weighted by molar-refractivity contribution is 5.82. The summed E-state index contributed by atoms with van der Waals surface area (Å²) in [5.74, 6) is -1.27. The third-order valence-corrected chi connectivity index (χ3v) is 2.70. The van der Waals surface area contributed by atoms with E-state index in [0.29, 0.717) is 6.42 Å². The number of amides is 2. The van der Waals surface area contributed by atoms with Crippen LogP contribution in [-0.4, -0.2) is 34.9 Å². The van der Waals surface area contributed by atoms with Gasteiger partial charge in [0.2, 0.25) is 0 Å². The third kappa shape index (κ3) is 4.59. The molecule has 0 aliphatic heterocycles. The van der Waals surface area contributed by atoms with E-state index in [2.05, 4.69) is 10.6 Å². The van der Waals surface area contributed by atoms with Crippen molar-refractivity contribution in [3.05, 3.63) is 35.9 Å². The number of urea groups is 1. The van der Waals surface area contributed by atoms with Gasteiger partial charge in [0, 0.05) is 0 Å². The molecule has 1 rings (SSSR count). The van der Waals surface area contributed by atoms with Crippen molar-refractivity contribution in [3.63, 3.8) is 0 Å². The monoisotopic (exact) mass is 266 g/mol. The molecule has 104 valence electrons. The summed E-state index contributed by atoms with van der Waals surface area (Å²) in [5.41, 5.74) is 0.941. The van der Waals surface area contributed by atoms with Gasteiger partial charge in [-0.15, -0.1) is 0 Å². The Morgan fingerprint density at radius 3 is 2.32 bits per heavy atom. The van der Waals surface area contributed by atoms with Gasteiger partial charge in [0.15, 0.2) is 6.04 Å². The minimum Gasteiger partial charge on any atom is -0.480 e. The highest BCUT2D eigenvalue weighted by atomic mass is 16.4. The van der Waals surface area contributed by atoms with Gasteiger partial charge in [-0.05, 0) is 12.0 Å². The number of aliphatic hydroxyl groups is 1. The summed E-state index contributed by atoms with van der Waals surface area (Å²) in [4.78, 5) is 22.4. The lowest BCUT2D eigenvalue weighted by Gasteiger charge is -2.19. The summed E-state index contributed by atoms with van der Waals surface area (Å²) >= 11 is 0. The standard InChI is InChI=1S/C13H18N2O4/c1-2-10(9-6-4-3-5-7-9)14-13(19)15-11(8-16)12(17)18/h3-7,10-11,16H,2,8H2,1H3,(H,17,18)(H2,14,15,19). The largest absolute Gasteiger partial charge is 0.480 e. The van der Waals surface area contributed by atoms with Crippen molar-refractivity contribution in [2.45, 2.75) is 25.4 Å². The zero-order valence-corrected chi connectivity index (χ0v) is 10.7. The van der Waals surface area contributed by atoms with Crippen LogP contribution in [0.1, 0.15) is 24.9 Å². The average Bonchev–Trinajstić information content (AvgIpc) is 2.42. The smallest absolute Gasteiger partial charge is 0.328 e. The van der Waals surface area contributed by atoms with E-state index in [4.69, 9.17) is 10.2 Å². The van der Waals surface area contributed by atoms with Gasteiger partial charge in [-0.2, -0.15) is 0 Å².